The minimum atomic E-state index is -0.907. The lowest BCUT2D eigenvalue weighted by Gasteiger charge is -2.43. The quantitative estimate of drug-likeness (QED) is 0.195. The maximum atomic E-state index is 10.2. The van der Waals surface area contributed by atoms with E-state index in [1.165, 1.54) is 11.1 Å². The van der Waals surface area contributed by atoms with Gasteiger partial charge in [0.2, 0.25) is 0 Å². The van der Waals surface area contributed by atoms with Gasteiger partial charge in [0.25, 0.3) is 0 Å². The van der Waals surface area contributed by atoms with Gasteiger partial charge in [-0.1, -0.05) is 128 Å². The van der Waals surface area contributed by atoms with E-state index in [9.17, 15) is 20.4 Å². The lowest BCUT2D eigenvalue weighted by atomic mass is 9.60. The third-order valence-corrected chi connectivity index (χ3v) is 8.71. The van der Waals surface area contributed by atoms with Crippen LogP contribution in [-0.4, -0.2) is 33.6 Å². The van der Waals surface area contributed by atoms with Crippen LogP contribution in [0.15, 0.2) is 72.8 Å². The molecule has 0 aliphatic heterocycles. The molecule has 3 unspecified atom stereocenters. The first-order valence-corrected chi connectivity index (χ1v) is 14.7. The van der Waals surface area contributed by atoms with E-state index in [2.05, 4.69) is 97.0 Å². The Hall–Kier alpha value is -2.50. The van der Waals surface area contributed by atoms with Crippen molar-refractivity contribution < 1.29 is 20.4 Å². The van der Waals surface area contributed by atoms with E-state index in [0.717, 1.165) is 30.4 Å². The molecule has 3 atom stereocenters. The maximum Gasteiger partial charge on any atom is 0.102 e. The molecule has 0 bridgehead atoms. The van der Waals surface area contributed by atoms with Crippen molar-refractivity contribution in [2.24, 2.45) is 5.92 Å². The molecule has 3 aromatic carbocycles. The molecule has 0 spiro atoms. The Kier molecular flexibility index (Phi) is 10.4. The molecular weight excluding hydrogens is 496 g/mol. The van der Waals surface area contributed by atoms with E-state index < -0.39 is 12.2 Å². The second kappa shape index (κ2) is 13.0. The van der Waals surface area contributed by atoms with Crippen LogP contribution < -0.4 is 0 Å². The van der Waals surface area contributed by atoms with Gasteiger partial charge in [-0.25, -0.2) is 0 Å². The zero-order valence-electron chi connectivity index (χ0n) is 25.5. The van der Waals surface area contributed by atoms with Crippen molar-refractivity contribution in [3.05, 3.63) is 106 Å². The van der Waals surface area contributed by atoms with Crippen molar-refractivity contribution in [1.29, 1.82) is 0 Å². The fourth-order valence-corrected chi connectivity index (χ4v) is 5.96. The summed E-state index contributed by atoms with van der Waals surface area (Å²) in [5, 5.41) is 39.5. The van der Waals surface area contributed by atoms with Crippen LogP contribution in [0.5, 0.6) is 0 Å². The molecule has 0 radical (unpaired) electrons. The molecule has 0 amide bonds. The third kappa shape index (κ3) is 7.22. The number of aliphatic hydroxyl groups excluding tert-OH is 4. The average molecular weight is 547 g/mol. The maximum absolute atomic E-state index is 10.2. The average Bonchev–Trinajstić information content (AvgIpc) is 2.95. The molecule has 0 fully saturated rings. The van der Waals surface area contributed by atoms with Gasteiger partial charge < -0.3 is 20.4 Å². The largest absolute Gasteiger partial charge is 0.393 e. The summed E-state index contributed by atoms with van der Waals surface area (Å²) in [5.74, 6) is 0.449. The Balaban J connectivity index is 2.20. The van der Waals surface area contributed by atoms with Gasteiger partial charge in [0.1, 0.15) is 12.2 Å². The molecule has 0 aromatic heterocycles. The predicted octanol–water partition coefficient (Wildman–Crippen LogP) is 7.13. The van der Waals surface area contributed by atoms with Crippen molar-refractivity contribution in [3.8, 4) is 0 Å². The number of aliphatic hydroxyl groups is 4. The monoisotopic (exact) mass is 546 g/mol. The summed E-state index contributed by atoms with van der Waals surface area (Å²) in [6, 6.07) is 25.2. The Morgan fingerprint density at radius 3 is 1.32 bits per heavy atom. The highest BCUT2D eigenvalue weighted by molar-refractivity contribution is 5.44. The summed E-state index contributed by atoms with van der Waals surface area (Å²) < 4.78 is 0. The van der Waals surface area contributed by atoms with Gasteiger partial charge in [0.05, 0.1) is 13.2 Å². The number of rotatable bonds is 12. The second-order valence-electron chi connectivity index (χ2n) is 13.3. The molecule has 0 saturated heterocycles. The van der Waals surface area contributed by atoms with Gasteiger partial charge in [0, 0.05) is 5.41 Å². The van der Waals surface area contributed by atoms with Crippen molar-refractivity contribution in [3.63, 3.8) is 0 Å². The minimum absolute atomic E-state index is 0.0880. The fraction of sp³-hybridized carbons (Fsp3) is 0.500. The van der Waals surface area contributed by atoms with Gasteiger partial charge in [0.15, 0.2) is 0 Å². The van der Waals surface area contributed by atoms with Crippen LogP contribution in [0.1, 0.15) is 113 Å². The number of benzene rings is 3. The van der Waals surface area contributed by atoms with Crippen molar-refractivity contribution >= 4 is 0 Å². The van der Waals surface area contributed by atoms with E-state index >= 15 is 0 Å². The van der Waals surface area contributed by atoms with Crippen molar-refractivity contribution in [1.82, 2.24) is 0 Å². The van der Waals surface area contributed by atoms with Crippen LogP contribution in [0, 0.1) is 5.92 Å². The Bertz CT molecular complexity index is 1130. The second-order valence-corrected chi connectivity index (χ2v) is 13.3. The smallest absolute Gasteiger partial charge is 0.102 e. The van der Waals surface area contributed by atoms with Crippen molar-refractivity contribution in [2.45, 2.75) is 96.2 Å². The minimum Gasteiger partial charge on any atom is -0.393 e. The Labute approximate surface area is 241 Å². The lowest BCUT2D eigenvalue weighted by Crippen LogP contribution is -2.37. The first-order valence-electron chi connectivity index (χ1n) is 14.7. The molecule has 0 aliphatic carbocycles. The Morgan fingerprint density at radius 1 is 0.600 bits per heavy atom. The molecule has 4 nitrogen and oxygen atoms in total. The number of hydrogen-bond donors (Lipinski definition) is 4. The van der Waals surface area contributed by atoms with Crippen LogP contribution >= 0.6 is 0 Å². The predicted molar refractivity (Wildman–Crippen MR) is 165 cm³/mol. The zero-order chi connectivity index (χ0) is 29.7. The lowest BCUT2D eigenvalue weighted by molar-refractivity contribution is 0.0955. The molecule has 4 N–H and O–H groups in total. The van der Waals surface area contributed by atoms with Gasteiger partial charge >= 0.3 is 0 Å². The van der Waals surface area contributed by atoms with Gasteiger partial charge in [-0.3, -0.25) is 0 Å². The normalized spacial score (nSPS) is 16.3. The SMILES string of the molecule is CCC(C)CC(CC(C)(C)c1ccc(C(C)(C)C)cc1)(c1ccc(C(O)CO)cc1)c1ccc(C(O)CO)cc1. The highest BCUT2D eigenvalue weighted by atomic mass is 16.3. The molecule has 0 saturated carbocycles. The third-order valence-electron chi connectivity index (χ3n) is 8.71. The molecule has 218 valence electrons. The summed E-state index contributed by atoms with van der Waals surface area (Å²) in [6.45, 7) is 15.2. The standard InChI is InChI=1S/C36H50O4/c1-8-25(2)21-36(30-13-9-26(10-14-30)32(39)22-37,31-15-11-27(12-16-31)33(40)23-38)24-35(6,7)29-19-17-28(18-20-29)34(3,4)5/h9-20,25,32-33,37-40H,8,21-24H2,1-7H3. The molecule has 4 heteroatoms. The molecule has 3 rings (SSSR count). The first kappa shape index (κ1) is 32.0. The Morgan fingerprint density at radius 2 is 0.975 bits per heavy atom. The zero-order valence-corrected chi connectivity index (χ0v) is 25.5. The van der Waals surface area contributed by atoms with E-state index in [4.69, 9.17) is 0 Å². The summed E-state index contributed by atoms with van der Waals surface area (Å²) >= 11 is 0. The van der Waals surface area contributed by atoms with Gasteiger partial charge in [-0.2, -0.15) is 0 Å². The van der Waals surface area contributed by atoms with E-state index in [1.807, 2.05) is 24.3 Å². The fourth-order valence-electron chi connectivity index (χ4n) is 5.96. The van der Waals surface area contributed by atoms with Crippen LogP contribution in [0.4, 0.5) is 0 Å². The van der Waals surface area contributed by atoms with E-state index in [1.54, 1.807) is 0 Å². The highest BCUT2D eigenvalue weighted by Gasteiger charge is 2.41. The molecular formula is C36H50O4. The van der Waals surface area contributed by atoms with E-state index in [0.29, 0.717) is 17.0 Å². The molecule has 3 aromatic rings. The summed E-state index contributed by atoms with van der Waals surface area (Å²) in [7, 11) is 0. The van der Waals surface area contributed by atoms with Crippen LogP contribution in [0.25, 0.3) is 0 Å². The van der Waals surface area contributed by atoms with Gasteiger partial charge in [-0.05, 0) is 63.0 Å². The molecule has 40 heavy (non-hydrogen) atoms. The number of hydrogen-bond acceptors (Lipinski definition) is 4. The summed E-state index contributed by atoms with van der Waals surface area (Å²) in [6.07, 6.45) is 1.01. The first-order chi connectivity index (χ1) is 18.8. The van der Waals surface area contributed by atoms with E-state index in [-0.39, 0.29) is 29.5 Å². The molecule has 0 aliphatic rings. The topological polar surface area (TPSA) is 80.9 Å². The summed E-state index contributed by atoms with van der Waals surface area (Å²) in [5.41, 5.74) is 5.88. The van der Waals surface area contributed by atoms with Crippen LogP contribution in [0.3, 0.4) is 0 Å². The van der Waals surface area contributed by atoms with Crippen molar-refractivity contribution in [2.75, 3.05) is 13.2 Å². The molecule has 0 heterocycles. The van der Waals surface area contributed by atoms with Crippen LogP contribution in [-0.2, 0) is 16.2 Å². The summed E-state index contributed by atoms with van der Waals surface area (Å²) in [4.78, 5) is 0. The van der Waals surface area contributed by atoms with Gasteiger partial charge in [-0.15, -0.1) is 0 Å². The highest BCUT2D eigenvalue weighted by Crippen LogP contribution is 2.48. The van der Waals surface area contributed by atoms with Crippen LogP contribution in [0.2, 0.25) is 0 Å².